The van der Waals surface area contributed by atoms with Crippen molar-refractivity contribution in [3.63, 3.8) is 0 Å². The summed E-state index contributed by atoms with van der Waals surface area (Å²) in [4.78, 5) is 0. The molecule has 0 saturated carbocycles. The van der Waals surface area contributed by atoms with Gasteiger partial charge in [-0.25, -0.2) is 0 Å². The lowest BCUT2D eigenvalue weighted by atomic mass is 10.2. The van der Waals surface area contributed by atoms with Crippen molar-refractivity contribution >= 4 is 0 Å². The predicted molar refractivity (Wildman–Crippen MR) is 99.6 cm³/mol. The molecule has 0 heterocycles. The number of phenols is 1. The maximum Gasteiger partial charge on any atom is 0.131 e. The fourth-order valence-corrected chi connectivity index (χ4v) is 2.63. The number of aromatic hydroxyl groups is 1. The normalized spacial score (nSPS) is 10.5. The maximum absolute atomic E-state index is 9.71. The molecule has 128 valence electrons. The molecule has 0 spiro atoms. The fraction of sp³-hybridized carbons (Fsp3) is 0.182. The Morgan fingerprint density at radius 1 is 0.680 bits per heavy atom. The Labute approximate surface area is 148 Å². The second-order valence-electron chi connectivity index (χ2n) is 6.36. The van der Waals surface area contributed by atoms with Crippen LogP contribution in [0.15, 0.2) is 60.7 Å². The van der Waals surface area contributed by atoms with E-state index in [9.17, 15) is 5.11 Å². The zero-order valence-electron chi connectivity index (χ0n) is 14.7. The Hall–Kier alpha value is -2.94. The van der Waals surface area contributed by atoms with Gasteiger partial charge in [-0.05, 0) is 61.7 Å². The number of hydrogen-bond donors (Lipinski definition) is 1. The standard InChI is InChI=1S/C22H22O3/c1-15-4-6-18(7-5-15)14-24-20-9-17(3)11-22(13-20)25-21-10-16(2)8-19(23)12-21/h4-13,23H,14H2,1-3H3. The van der Waals surface area contributed by atoms with Crippen molar-refractivity contribution in [2.45, 2.75) is 27.4 Å². The number of benzene rings is 3. The van der Waals surface area contributed by atoms with Gasteiger partial charge in [-0.3, -0.25) is 0 Å². The van der Waals surface area contributed by atoms with E-state index >= 15 is 0 Å². The van der Waals surface area contributed by atoms with Gasteiger partial charge in [0.1, 0.15) is 29.6 Å². The summed E-state index contributed by atoms with van der Waals surface area (Å²) in [6.45, 7) is 6.49. The van der Waals surface area contributed by atoms with Crippen LogP contribution in [0, 0.1) is 20.8 Å². The molecule has 0 aliphatic carbocycles. The average molecular weight is 334 g/mol. The molecular formula is C22H22O3. The van der Waals surface area contributed by atoms with Crippen LogP contribution in [0.2, 0.25) is 0 Å². The number of phenolic OH excluding ortho intramolecular Hbond substituents is 1. The van der Waals surface area contributed by atoms with Crippen molar-refractivity contribution in [3.05, 3.63) is 82.9 Å². The zero-order chi connectivity index (χ0) is 17.8. The van der Waals surface area contributed by atoms with Gasteiger partial charge in [0, 0.05) is 12.1 Å². The smallest absolute Gasteiger partial charge is 0.131 e. The quantitative estimate of drug-likeness (QED) is 0.651. The molecule has 25 heavy (non-hydrogen) atoms. The van der Waals surface area contributed by atoms with E-state index < -0.39 is 0 Å². The Morgan fingerprint density at radius 3 is 1.96 bits per heavy atom. The van der Waals surface area contributed by atoms with E-state index in [1.807, 2.05) is 38.1 Å². The van der Waals surface area contributed by atoms with Crippen LogP contribution in [0.3, 0.4) is 0 Å². The summed E-state index contributed by atoms with van der Waals surface area (Å²) in [5, 5.41) is 9.71. The molecule has 0 aliphatic heterocycles. The van der Waals surface area contributed by atoms with E-state index in [1.54, 1.807) is 12.1 Å². The summed E-state index contributed by atoms with van der Waals surface area (Å²) in [5.41, 5.74) is 4.35. The molecule has 3 aromatic carbocycles. The summed E-state index contributed by atoms with van der Waals surface area (Å²) in [6, 6.07) is 19.3. The highest BCUT2D eigenvalue weighted by Gasteiger charge is 2.05. The highest BCUT2D eigenvalue weighted by Crippen LogP contribution is 2.30. The minimum atomic E-state index is 0.193. The number of aryl methyl sites for hydroxylation is 3. The summed E-state index contributed by atoms with van der Waals surface area (Å²) in [6.07, 6.45) is 0. The molecule has 0 amide bonds. The van der Waals surface area contributed by atoms with Crippen LogP contribution in [-0.4, -0.2) is 5.11 Å². The van der Waals surface area contributed by atoms with Gasteiger partial charge in [0.2, 0.25) is 0 Å². The molecule has 0 aliphatic rings. The highest BCUT2D eigenvalue weighted by atomic mass is 16.5. The first kappa shape index (κ1) is 16.9. The lowest BCUT2D eigenvalue weighted by molar-refractivity contribution is 0.304. The van der Waals surface area contributed by atoms with Crippen LogP contribution >= 0.6 is 0 Å². The van der Waals surface area contributed by atoms with E-state index in [1.165, 1.54) is 5.56 Å². The second-order valence-corrected chi connectivity index (χ2v) is 6.36. The average Bonchev–Trinajstić information content (AvgIpc) is 2.53. The molecule has 0 aromatic heterocycles. The predicted octanol–water partition coefficient (Wildman–Crippen LogP) is 5.69. The second kappa shape index (κ2) is 7.31. The third-order valence-electron chi connectivity index (χ3n) is 3.82. The van der Waals surface area contributed by atoms with Crippen molar-refractivity contribution in [2.24, 2.45) is 0 Å². The molecule has 0 unspecified atom stereocenters. The molecule has 0 bridgehead atoms. The van der Waals surface area contributed by atoms with Crippen LogP contribution < -0.4 is 9.47 Å². The minimum absolute atomic E-state index is 0.193. The third kappa shape index (κ3) is 4.77. The molecule has 0 radical (unpaired) electrons. The van der Waals surface area contributed by atoms with Crippen molar-refractivity contribution in [1.82, 2.24) is 0 Å². The first-order valence-corrected chi connectivity index (χ1v) is 8.26. The maximum atomic E-state index is 9.71. The molecule has 3 heteroatoms. The van der Waals surface area contributed by atoms with Gasteiger partial charge in [0.25, 0.3) is 0 Å². The van der Waals surface area contributed by atoms with Gasteiger partial charge >= 0.3 is 0 Å². The van der Waals surface area contributed by atoms with Crippen LogP contribution in [-0.2, 0) is 6.61 Å². The van der Waals surface area contributed by atoms with E-state index in [0.717, 1.165) is 22.4 Å². The highest BCUT2D eigenvalue weighted by molar-refractivity contribution is 5.43. The summed E-state index contributed by atoms with van der Waals surface area (Å²) in [5.74, 6) is 2.24. The lowest BCUT2D eigenvalue weighted by Crippen LogP contribution is -1.96. The first-order valence-electron chi connectivity index (χ1n) is 8.26. The minimum Gasteiger partial charge on any atom is -0.508 e. The van der Waals surface area contributed by atoms with Gasteiger partial charge in [-0.1, -0.05) is 29.8 Å². The lowest BCUT2D eigenvalue weighted by Gasteiger charge is -2.12. The first-order chi connectivity index (χ1) is 12.0. The van der Waals surface area contributed by atoms with Crippen LogP contribution in [0.4, 0.5) is 0 Å². The van der Waals surface area contributed by atoms with Gasteiger partial charge in [0.15, 0.2) is 0 Å². The van der Waals surface area contributed by atoms with Crippen molar-refractivity contribution < 1.29 is 14.6 Å². The molecule has 0 saturated heterocycles. The molecule has 3 nitrogen and oxygen atoms in total. The Morgan fingerprint density at radius 2 is 1.28 bits per heavy atom. The number of hydrogen-bond acceptors (Lipinski definition) is 3. The summed E-state index contributed by atoms with van der Waals surface area (Å²) in [7, 11) is 0. The van der Waals surface area contributed by atoms with Crippen molar-refractivity contribution in [3.8, 4) is 23.0 Å². The van der Waals surface area contributed by atoms with E-state index in [0.29, 0.717) is 18.1 Å². The Bertz CT molecular complexity index is 847. The van der Waals surface area contributed by atoms with Crippen LogP contribution in [0.5, 0.6) is 23.0 Å². The van der Waals surface area contributed by atoms with E-state index in [-0.39, 0.29) is 5.75 Å². The Kier molecular flexibility index (Phi) is 4.94. The molecule has 0 atom stereocenters. The Balaban J connectivity index is 1.74. The number of rotatable bonds is 5. The summed E-state index contributed by atoms with van der Waals surface area (Å²) < 4.78 is 11.8. The van der Waals surface area contributed by atoms with Gasteiger partial charge in [-0.2, -0.15) is 0 Å². The largest absolute Gasteiger partial charge is 0.508 e. The molecular weight excluding hydrogens is 312 g/mol. The van der Waals surface area contributed by atoms with Gasteiger partial charge in [0.05, 0.1) is 0 Å². The van der Waals surface area contributed by atoms with Crippen molar-refractivity contribution in [1.29, 1.82) is 0 Å². The fourth-order valence-electron chi connectivity index (χ4n) is 2.63. The van der Waals surface area contributed by atoms with E-state index in [4.69, 9.17) is 9.47 Å². The zero-order valence-corrected chi connectivity index (χ0v) is 14.7. The van der Waals surface area contributed by atoms with E-state index in [2.05, 4.69) is 31.2 Å². The van der Waals surface area contributed by atoms with Crippen molar-refractivity contribution in [2.75, 3.05) is 0 Å². The molecule has 3 aromatic rings. The third-order valence-corrected chi connectivity index (χ3v) is 3.82. The SMILES string of the molecule is Cc1ccc(COc2cc(C)cc(Oc3cc(C)cc(O)c3)c2)cc1. The monoisotopic (exact) mass is 334 g/mol. The summed E-state index contributed by atoms with van der Waals surface area (Å²) >= 11 is 0. The van der Waals surface area contributed by atoms with Gasteiger partial charge < -0.3 is 14.6 Å². The van der Waals surface area contributed by atoms with Crippen LogP contribution in [0.1, 0.15) is 22.3 Å². The number of ether oxygens (including phenoxy) is 2. The van der Waals surface area contributed by atoms with Crippen LogP contribution in [0.25, 0.3) is 0 Å². The molecule has 1 N–H and O–H groups in total. The molecule has 3 rings (SSSR count). The molecule has 0 fully saturated rings. The van der Waals surface area contributed by atoms with Gasteiger partial charge in [-0.15, -0.1) is 0 Å². The topological polar surface area (TPSA) is 38.7 Å².